The molecule has 1 saturated carbocycles. The molecule has 0 aromatic carbocycles. The van der Waals surface area contributed by atoms with Gasteiger partial charge in [0.1, 0.15) is 0 Å². The van der Waals surface area contributed by atoms with Crippen molar-refractivity contribution < 1.29 is 24.9 Å². The van der Waals surface area contributed by atoms with Crippen molar-refractivity contribution in [1.29, 1.82) is 0 Å². The molecule has 1 aliphatic rings. The molecule has 0 aromatic heterocycles. The van der Waals surface area contributed by atoms with Crippen LogP contribution in [0, 0.1) is 11.8 Å². The van der Waals surface area contributed by atoms with Crippen LogP contribution in [-0.2, 0) is 9.59 Å². The molecule has 1 atom stereocenters. The van der Waals surface area contributed by atoms with E-state index in [1.54, 1.807) is 0 Å². The van der Waals surface area contributed by atoms with Gasteiger partial charge in [-0.1, -0.05) is 84.0 Å². The summed E-state index contributed by atoms with van der Waals surface area (Å²) in [6.07, 6.45) is 13.9. The van der Waals surface area contributed by atoms with Gasteiger partial charge in [0.25, 0.3) is 0 Å². The second-order valence-electron chi connectivity index (χ2n) is 8.40. The van der Waals surface area contributed by atoms with Crippen LogP contribution in [0.5, 0.6) is 0 Å². The normalized spacial score (nSPS) is 17.2. The maximum atomic E-state index is 10.8. The number of unbranched alkanes of at least 4 members (excludes halogenated alkanes) is 5. The van der Waals surface area contributed by atoms with E-state index < -0.39 is 30.4 Å². The zero-order valence-corrected chi connectivity index (χ0v) is 16.4. The van der Waals surface area contributed by atoms with Gasteiger partial charge in [0.15, 0.2) is 0 Å². The Bertz CT molecular complexity index is 399. The van der Waals surface area contributed by atoms with Crippen LogP contribution >= 0.6 is 0 Å². The molecule has 1 fully saturated rings. The summed E-state index contributed by atoms with van der Waals surface area (Å²) in [5.41, 5.74) is -1.62. The zero-order valence-electron chi connectivity index (χ0n) is 16.4. The van der Waals surface area contributed by atoms with Gasteiger partial charge in [0, 0.05) is 0 Å². The molecule has 0 saturated heterocycles. The molecule has 0 bridgehead atoms. The molecule has 5 nitrogen and oxygen atoms in total. The highest BCUT2D eigenvalue weighted by Crippen LogP contribution is 2.32. The highest BCUT2D eigenvalue weighted by atomic mass is 16.4. The zero-order chi connectivity index (χ0) is 19.4. The Balaban J connectivity index is 2.08. The summed E-state index contributed by atoms with van der Waals surface area (Å²) in [6.45, 7) is 2.40. The number of carboxylic acid groups (broad SMARTS) is 2. The molecule has 152 valence electrons. The van der Waals surface area contributed by atoms with Gasteiger partial charge in [-0.15, -0.1) is 0 Å². The fourth-order valence-corrected chi connectivity index (χ4v) is 4.37. The number of aliphatic carboxylic acids is 2. The molecule has 26 heavy (non-hydrogen) atoms. The maximum absolute atomic E-state index is 10.8. The van der Waals surface area contributed by atoms with Crippen molar-refractivity contribution in [3.63, 3.8) is 0 Å². The van der Waals surface area contributed by atoms with Crippen molar-refractivity contribution in [3.05, 3.63) is 0 Å². The number of rotatable bonds is 14. The minimum Gasteiger partial charge on any atom is -0.481 e. The molecule has 0 aliphatic heterocycles. The van der Waals surface area contributed by atoms with Gasteiger partial charge in [-0.2, -0.15) is 0 Å². The van der Waals surface area contributed by atoms with Gasteiger partial charge in [0.2, 0.25) is 0 Å². The molecule has 0 spiro atoms. The SMILES string of the molecule is CC(CCCCCCCCC(O)(CC(=O)O)CC(=O)O)C1CCCCC1. The van der Waals surface area contributed by atoms with E-state index >= 15 is 0 Å². The van der Waals surface area contributed by atoms with Crippen molar-refractivity contribution >= 4 is 11.9 Å². The highest BCUT2D eigenvalue weighted by molar-refractivity contribution is 5.72. The Morgan fingerprint density at radius 3 is 1.92 bits per heavy atom. The van der Waals surface area contributed by atoms with Crippen LogP contribution in [0.4, 0.5) is 0 Å². The summed E-state index contributed by atoms with van der Waals surface area (Å²) in [5, 5.41) is 27.9. The van der Waals surface area contributed by atoms with Crippen molar-refractivity contribution in [2.24, 2.45) is 11.8 Å². The standard InChI is InChI=1S/C21H38O5/c1-17(18-12-8-6-9-13-18)11-7-4-2-3-5-10-14-21(26,15-19(22)23)16-20(24)25/h17-18,26H,2-16H2,1H3,(H,22,23)(H,24,25). The minimum absolute atomic E-state index is 0.240. The van der Waals surface area contributed by atoms with E-state index in [2.05, 4.69) is 6.92 Å². The Labute approximate surface area is 158 Å². The smallest absolute Gasteiger partial charge is 0.306 e. The van der Waals surface area contributed by atoms with E-state index in [0.717, 1.165) is 31.1 Å². The summed E-state index contributed by atoms with van der Waals surface area (Å²) in [4.78, 5) is 21.6. The lowest BCUT2D eigenvalue weighted by atomic mass is 9.79. The first kappa shape index (κ1) is 22.9. The second kappa shape index (κ2) is 12.3. The van der Waals surface area contributed by atoms with Crippen LogP contribution in [0.2, 0.25) is 0 Å². The third-order valence-electron chi connectivity index (χ3n) is 5.97. The monoisotopic (exact) mass is 370 g/mol. The van der Waals surface area contributed by atoms with E-state index in [0.29, 0.717) is 6.42 Å². The number of hydrogen-bond donors (Lipinski definition) is 3. The topological polar surface area (TPSA) is 94.8 Å². The summed E-state index contributed by atoms with van der Waals surface area (Å²) < 4.78 is 0. The van der Waals surface area contributed by atoms with Crippen LogP contribution in [0.3, 0.4) is 0 Å². The first-order chi connectivity index (χ1) is 12.3. The number of carboxylic acids is 2. The Kier molecular flexibility index (Phi) is 10.9. The van der Waals surface area contributed by atoms with Crippen molar-refractivity contribution in [3.8, 4) is 0 Å². The molecular weight excluding hydrogens is 332 g/mol. The molecule has 1 rings (SSSR count). The fraction of sp³-hybridized carbons (Fsp3) is 0.905. The van der Waals surface area contributed by atoms with Gasteiger partial charge >= 0.3 is 11.9 Å². The molecule has 3 N–H and O–H groups in total. The summed E-state index contributed by atoms with van der Waals surface area (Å²) in [5.74, 6) is -0.524. The minimum atomic E-state index is -1.62. The largest absolute Gasteiger partial charge is 0.481 e. The molecular formula is C21H38O5. The lowest BCUT2D eigenvalue weighted by molar-refractivity contribution is -0.149. The van der Waals surface area contributed by atoms with Crippen molar-refractivity contribution in [2.75, 3.05) is 0 Å². The van der Waals surface area contributed by atoms with Gasteiger partial charge in [-0.3, -0.25) is 9.59 Å². The summed E-state index contributed by atoms with van der Waals surface area (Å²) in [7, 11) is 0. The molecule has 1 aliphatic carbocycles. The van der Waals surface area contributed by atoms with E-state index in [4.69, 9.17) is 10.2 Å². The Morgan fingerprint density at radius 1 is 0.885 bits per heavy atom. The molecule has 5 heteroatoms. The van der Waals surface area contributed by atoms with Crippen LogP contribution in [0.1, 0.15) is 103 Å². The lowest BCUT2D eigenvalue weighted by Crippen LogP contribution is -2.34. The predicted molar refractivity (Wildman–Crippen MR) is 102 cm³/mol. The quantitative estimate of drug-likeness (QED) is 0.374. The van der Waals surface area contributed by atoms with Crippen LogP contribution in [-0.4, -0.2) is 32.9 Å². The van der Waals surface area contributed by atoms with Crippen LogP contribution in [0.15, 0.2) is 0 Å². The van der Waals surface area contributed by atoms with E-state index in [1.807, 2.05) is 0 Å². The molecule has 0 heterocycles. The molecule has 0 amide bonds. The highest BCUT2D eigenvalue weighted by Gasteiger charge is 2.32. The Morgan fingerprint density at radius 2 is 1.38 bits per heavy atom. The summed E-state index contributed by atoms with van der Waals surface area (Å²) in [6, 6.07) is 0. The molecule has 1 unspecified atom stereocenters. The first-order valence-electron chi connectivity index (χ1n) is 10.5. The van der Waals surface area contributed by atoms with Gasteiger partial charge in [0.05, 0.1) is 18.4 Å². The number of aliphatic hydroxyl groups is 1. The van der Waals surface area contributed by atoms with Crippen LogP contribution < -0.4 is 0 Å². The molecule has 0 aromatic rings. The van der Waals surface area contributed by atoms with E-state index in [-0.39, 0.29) is 6.42 Å². The molecule has 0 radical (unpaired) electrons. The van der Waals surface area contributed by atoms with E-state index in [9.17, 15) is 14.7 Å². The van der Waals surface area contributed by atoms with Gasteiger partial charge in [-0.05, 0) is 18.3 Å². The van der Waals surface area contributed by atoms with Gasteiger partial charge < -0.3 is 15.3 Å². The first-order valence-corrected chi connectivity index (χ1v) is 10.5. The average Bonchev–Trinajstić information content (AvgIpc) is 2.56. The fourth-order valence-electron chi connectivity index (χ4n) is 4.37. The Hall–Kier alpha value is -1.10. The van der Waals surface area contributed by atoms with Crippen molar-refractivity contribution in [2.45, 2.75) is 109 Å². The van der Waals surface area contributed by atoms with Gasteiger partial charge in [-0.25, -0.2) is 0 Å². The average molecular weight is 371 g/mol. The predicted octanol–water partition coefficient (Wildman–Crippen LogP) is 5.00. The lowest BCUT2D eigenvalue weighted by Gasteiger charge is -2.27. The number of hydrogen-bond acceptors (Lipinski definition) is 3. The third kappa shape index (κ3) is 10.1. The third-order valence-corrected chi connectivity index (χ3v) is 5.97. The maximum Gasteiger partial charge on any atom is 0.306 e. The van der Waals surface area contributed by atoms with Crippen molar-refractivity contribution in [1.82, 2.24) is 0 Å². The van der Waals surface area contributed by atoms with E-state index in [1.165, 1.54) is 51.4 Å². The summed E-state index contributed by atoms with van der Waals surface area (Å²) >= 11 is 0. The number of carbonyl (C=O) groups is 2. The van der Waals surface area contributed by atoms with Crippen LogP contribution in [0.25, 0.3) is 0 Å². The second-order valence-corrected chi connectivity index (χ2v) is 8.40.